The lowest BCUT2D eigenvalue weighted by molar-refractivity contribution is -0.132. The lowest BCUT2D eigenvalue weighted by Crippen LogP contribution is -2.22. The van der Waals surface area contributed by atoms with E-state index in [9.17, 15) is 14.7 Å². The molecule has 20 heavy (non-hydrogen) atoms. The second-order valence-electron chi connectivity index (χ2n) is 4.18. The number of pyridine rings is 1. The summed E-state index contributed by atoms with van der Waals surface area (Å²) in [6, 6.07) is 2.76. The van der Waals surface area contributed by atoms with Crippen molar-refractivity contribution < 1.29 is 14.7 Å². The number of carboxylic acid groups (broad SMARTS) is 1. The highest BCUT2D eigenvalue weighted by Crippen LogP contribution is 2.23. The molecule has 108 valence electrons. The zero-order valence-corrected chi connectivity index (χ0v) is 12.8. The van der Waals surface area contributed by atoms with E-state index >= 15 is 0 Å². The van der Waals surface area contributed by atoms with Gasteiger partial charge in [-0.05, 0) is 18.6 Å². The first-order chi connectivity index (χ1) is 9.29. The third-order valence-electron chi connectivity index (χ3n) is 2.66. The summed E-state index contributed by atoms with van der Waals surface area (Å²) in [5, 5.41) is 9.33. The van der Waals surface area contributed by atoms with Crippen molar-refractivity contribution >= 4 is 35.0 Å². The lowest BCUT2D eigenvalue weighted by atomic mass is 10.0. The van der Waals surface area contributed by atoms with Crippen LogP contribution >= 0.6 is 23.2 Å². The van der Waals surface area contributed by atoms with E-state index in [0.717, 1.165) is 0 Å². The molecule has 1 heterocycles. The van der Waals surface area contributed by atoms with Crippen molar-refractivity contribution in [3.8, 4) is 0 Å². The summed E-state index contributed by atoms with van der Waals surface area (Å²) in [7, 11) is 3.35. The van der Waals surface area contributed by atoms with Crippen LogP contribution in [-0.2, 0) is 4.79 Å². The molecular formula is C13H14Cl2N2O3. The van der Waals surface area contributed by atoms with E-state index in [1.807, 2.05) is 0 Å². The lowest BCUT2D eigenvalue weighted by Gasteiger charge is -2.18. The Balaban J connectivity index is 3.43. The van der Waals surface area contributed by atoms with Gasteiger partial charge in [0.2, 0.25) is 5.78 Å². The van der Waals surface area contributed by atoms with Gasteiger partial charge in [0.05, 0.1) is 5.56 Å². The zero-order valence-electron chi connectivity index (χ0n) is 11.3. The molecule has 0 aliphatic heterocycles. The van der Waals surface area contributed by atoms with Crippen molar-refractivity contribution in [3.05, 3.63) is 39.3 Å². The van der Waals surface area contributed by atoms with E-state index in [0.29, 0.717) is 12.1 Å². The van der Waals surface area contributed by atoms with Crippen LogP contribution in [0.4, 0.5) is 0 Å². The summed E-state index contributed by atoms with van der Waals surface area (Å²) in [6.45, 7) is 1.77. The predicted octanol–water partition coefficient (Wildman–Crippen LogP) is 2.88. The van der Waals surface area contributed by atoms with Crippen LogP contribution in [0.2, 0.25) is 10.3 Å². The molecule has 1 aromatic heterocycles. The van der Waals surface area contributed by atoms with Crippen LogP contribution in [0.15, 0.2) is 23.4 Å². The van der Waals surface area contributed by atoms with Crippen molar-refractivity contribution in [1.29, 1.82) is 0 Å². The van der Waals surface area contributed by atoms with Crippen molar-refractivity contribution in [1.82, 2.24) is 9.88 Å². The Morgan fingerprint density at radius 1 is 1.30 bits per heavy atom. The van der Waals surface area contributed by atoms with Gasteiger partial charge in [-0.25, -0.2) is 9.78 Å². The summed E-state index contributed by atoms with van der Waals surface area (Å²) < 4.78 is 0. The van der Waals surface area contributed by atoms with E-state index in [-0.39, 0.29) is 21.4 Å². The number of carbonyl (C=O) groups is 2. The summed E-state index contributed by atoms with van der Waals surface area (Å²) in [4.78, 5) is 29.1. The van der Waals surface area contributed by atoms with Gasteiger partial charge in [0, 0.05) is 19.8 Å². The second kappa shape index (κ2) is 6.72. The number of Topliss-reactive ketones (excluding diaryl/α,β-unsaturated/α-hetero) is 1. The molecule has 0 fully saturated rings. The summed E-state index contributed by atoms with van der Waals surface area (Å²) in [5.41, 5.74) is 0.110. The van der Waals surface area contributed by atoms with E-state index < -0.39 is 11.8 Å². The first kappa shape index (κ1) is 16.5. The zero-order chi connectivity index (χ0) is 15.4. The number of aliphatic carboxylic acids is 1. The predicted molar refractivity (Wildman–Crippen MR) is 77.2 cm³/mol. The molecule has 1 aromatic rings. The van der Waals surface area contributed by atoms with Gasteiger partial charge in [-0.1, -0.05) is 30.1 Å². The summed E-state index contributed by atoms with van der Waals surface area (Å²) in [5.74, 6) is -1.98. The standard InChI is InChI=1S/C13H14Cl2N2O3/c1-4-8(17(2)3)10(13(19)20)11(18)7-5-6-9(14)16-12(7)15/h5-6H,4H2,1-3H3,(H,19,20)/b10-8-. The number of aromatic nitrogens is 1. The minimum absolute atomic E-state index is 0.0151. The topological polar surface area (TPSA) is 70.5 Å². The van der Waals surface area contributed by atoms with Crippen LogP contribution in [0.1, 0.15) is 23.7 Å². The number of rotatable bonds is 5. The Labute approximate surface area is 126 Å². The minimum Gasteiger partial charge on any atom is -0.477 e. The molecule has 7 heteroatoms. The molecule has 0 amide bonds. The maximum absolute atomic E-state index is 12.4. The third-order valence-corrected chi connectivity index (χ3v) is 3.16. The minimum atomic E-state index is -1.30. The van der Waals surface area contributed by atoms with Gasteiger partial charge in [-0.2, -0.15) is 0 Å². The number of hydrogen-bond acceptors (Lipinski definition) is 4. The fraction of sp³-hybridized carbons (Fsp3) is 0.308. The van der Waals surface area contributed by atoms with Gasteiger partial charge < -0.3 is 10.0 Å². The first-order valence-electron chi connectivity index (χ1n) is 5.80. The number of allylic oxidation sites excluding steroid dienone is 1. The quantitative estimate of drug-likeness (QED) is 0.297. The molecule has 0 bridgehead atoms. The van der Waals surface area contributed by atoms with Crippen LogP contribution in [0, 0.1) is 0 Å². The SMILES string of the molecule is CC/C(=C(/C(=O)O)C(=O)c1ccc(Cl)nc1Cl)N(C)C. The molecule has 0 aromatic carbocycles. The molecule has 0 spiro atoms. The second-order valence-corrected chi connectivity index (χ2v) is 4.92. The molecule has 5 nitrogen and oxygen atoms in total. The number of ketones is 1. The first-order valence-corrected chi connectivity index (χ1v) is 6.55. The van der Waals surface area contributed by atoms with Gasteiger partial charge >= 0.3 is 5.97 Å². The fourth-order valence-corrected chi connectivity index (χ4v) is 2.22. The van der Waals surface area contributed by atoms with Crippen LogP contribution < -0.4 is 0 Å². The van der Waals surface area contributed by atoms with E-state index in [2.05, 4.69) is 4.98 Å². The fourth-order valence-electron chi connectivity index (χ4n) is 1.78. The molecule has 1 N–H and O–H groups in total. The molecule has 0 saturated carbocycles. The Hall–Kier alpha value is -1.59. The largest absolute Gasteiger partial charge is 0.477 e. The van der Waals surface area contributed by atoms with E-state index in [1.165, 1.54) is 12.1 Å². The Morgan fingerprint density at radius 2 is 1.90 bits per heavy atom. The van der Waals surface area contributed by atoms with Crippen molar-refractivity contribution in [2.75, 3.05) is 14.1 Å². The number of hydrogen-bond donors (Lipinski definition) is 1. The van der Waals surface area contributed by atoms with Gasteiger partial charge in [0.15, 0.2) is 0 Å². The number of carbonyl (C=O) groups excluding carboxylic acids is 1. The van der Waals surface area contributed by atoms with Gasteiger partial charge in [0.25, 0.3) is 0 Å². The number of nitrogens with zero attached hydrogens (tertiary/aromatic N) is 2. The van der Waals surface area contributed by atoms with Gasteiger partial charge in [0.1, 0.15) is 15.9 Å². The van der Waals surface area contributed by atoms with Crippen LogP contribution in [0.3, 0.4) is 0 Å². The molecular weight excluding hydrogens is 303 g/mol. The highest BCUT2D eigenvalue weighted by molar-refractivity contribution is 6.37. The van der Waals surface area contributed by atoms with Crippen molar-refractivity contribution in [2.45, 2.75) is 13.3 Å². The van der Waals surface area contributed by atoms with Crippen LogP contribution in [0.25, 0.3) is 0 Å². The van der Waals surface area contributed by atoms with Gasteiger partial charge in [-0.15, -0.1) is 0 Å². The van der Waals surface area contributed by atoms with Crippen molar-refractivity contribution in [3.63, 3.8) is 0 Å². The molecule has 0 saturated heterocycles. The molecule has 1 rings (SSSR count). The van der Waals surface area contributed by atoms with Crippen molar-refractivity contribution in [2.24, 2.45) is 0 Å². The van der Waals surface area contributed by atoms with Gasteiger partial charge in [-0.3, -0.25) is 4.79 Å². The molecule has 0 atom stereocenters. The molecule has 0 radical (unpaired) electrons. The normalized spacial score (nSPS) is 11.8. The van der Waals surface area contributed by atoms with E-state index in [1.54, 1.807) is 25.9 Å². The third kappa shape index (κ3) is 3.49. The average Bonchev–Trinajstić information content (AvgIpc) is 2.33. The Kier molecular flexibility index (Phi) is 5.53. The maximum atomic E-state index is 12.4. The summed E-state index contributed by atoms with van der Waals surface area (Å²) >= 11 is 11.5. The monoisotopic (exact) mass is 316 g/mol. The highest BCUT2D eigenvalue weighted by Gasteiger charge is 2.26. The number of carboxylic acids is 1. The Morgan fingerprint density at radius 3 is 2.30 bits per heavy atom. The molecule has 0 aliphatic carbocycles. The average molecular weight is 317 g/mol. The number of halogens is 2. The van der Waals surface area contributed by atoms with E-state index in [4.69, 9.17) is 23.2 Å². The summed E-state index contributed by atoms with van der Waals surface area (Å²) in [6.07, 6.45) is 0.402. The Bertz CT molecular complexity index is 583. The highest BCUT2D eigenvalue weighted by atomic mass is 35.5. The van der Waals surface area contributed by atoms with Crippen LogP contribution in [0.5, 0.6) is 0 Å². The molecule has 0 aliphatic rings. The van der Waals surface area contributed by atoms with Crippen LogP contribution in [-0.4, -0.2) is 40.8 Å². The maximum Gasteiger partial charge on any atom is 0.341 e. The molecule has 0 unspecified atom stereocenters. The smallest absolute Gasteiger partial charge is 0.341 e.